The predicted molar refractivity (Wildman–Crippen MR) is 130 cm³/mol. The van der Waals surface area contributed by atoms with Crippen LogP contribution in [0, 0.1) is 0 Å². The van der Waals surface area contributed by atoms with Crippen LogP contribution in [0.15, 0.2) is 82.8 Å². The summed E-state index contributed by atoms with van der Waals surface area (Å²) in [4.78, 5) is 12.7. The molecular formula is C25H25N3O6S. The molecule has 182 valence electrons. The molecule has 4 rings (SSSR count). The van der Waals surface area contributed by atoms with Crippen molar-refractivity contribution in [2.24, 2.45) is 5.10 Å². The second kappa shape index (κ2) is 11.0. The molecule has 3 aromatic carbocycles. The van der Waals surface area contributed by atoms with Crippen LogP contribution in [-0.2, 0) is 21.4 Å². The van der Waals surface area contributed by atoms with Crippen LogP contribution in [-0.4, -0.2) is 51.7 Å². The molecule has 0 unspecified atom stereocenters. The van der Waals surface area contributed by atoms with Crippen molar-refractivity contribution in [3.8, 4) is 17.2 Å². The molecule has 0 atom stereocenters. The van der Waals surface area contributed by atoms with Gasteiger partial charge in [-0.25, -0.2) is 13.8 Å². The molecule has 9 nitrogen and oxygen atoms in total. The van der Waals surface area contributed by atoms with Crippen molar-refractivity contribution < 1.29 is 27.4 Å². The summed E-state index contributed by atoms with van der Waals surface area (Å²) in [6.45, 7) is 0.314. The summed E-state index contributed by atoms with van der Waals surface area (Å²) in [5.74, 6) is 0.958. The lowest BCUT2D eigenvalue weighted by Crippen LogP contribution is -2.39. The van der Waals surface area contributed by atoms with Gasteiger partial charge in [0, 0.05) is 12.6 Å². The first-order chi connectivity index (χ1) is 17.0. The monoisotopic (exact) mass is 495 g/mol. The van der Waals surface area contributed by atoms with Gasteiger partial charge in [-0.05, 0) is 47.5 Å². The molecule has 0 aromatic heterocycles. The molecule has 0 bridgehead atoms. The number of hydrazone groups is 1. The molecule has 3 aromatic rings. The third kappa shape index (κ3) is 6.17. The molecule has 0 aliphatic carbocycles. The molecule has 1 aliphatic rings. The molecule has 1 amide bonds. The first-order valence-corrected chi connectivity index (χ1v) is 12.3. The molecular weight excluding hydrogens is 470 g/mol. The maximum atomic E-state index is 13.5. The Balaban J connectivity index is 1.52. The van der Waals surface area contributed by atoms with E-state index in [-0.39, 0.29) is 11.4 Å². The lowest BCUT2D eigenvalue weighted by molar-refractivity contribution is -0.121. The molecule has 0 spiro atoms. The van der Waals surface area contributed by atoms with E-state index in [0.717, 1.165) is 15.4 Å². The molecule has 0 fully saturated rings. The SMILES string of the molecule is COc1ccc(C=NNC(=O)CN(Cc2ccccc2)S(=O)(=O)c2ccc3c(c2)OCCO3)cc1. The summed E-state index contributed by atoms with van der Waals surface area (Å²) in [6, 6.07) is 20.6. The maximum Gasteiger partial charge on any atom is 0.255 e. The van der Waals surface area contributed by atoms with Crippen molar-refractivity contribution in [2.75, 3.05) is 26.9 Å². The Morgan fingerprint density at radius 1 is 1.03 bits per heavy atom. The van der Waals surface area contributed by atoms with Gasteiger partial charge in [-0.15, -0.1) is 0 Å². The topological polar surface area (TPSA) is 107 Å². The largest absolute Gasteiger partial charge is 0.497 e. The minimum absolute atomic E-state index is 0.00668. The lowest BCUT2D eigenvalue weighted by Gasteiger charge is -2.23. The van der Waals surface area contributed by atoms with E-state index in [4.69, 9.17) is 14.2 Å². The highest BCUT2D eigenvalue weighted by molar-refractivity contribution is 7.89. The smallest absolute Gasteiger partial charge is 0.255 e. The number of carbonyl (C=O) groups is 1. The number of hydrogen-bond donors (Lipinski definition) is 1. The molecule has 0 saturated heterocycles. The third-order valence-electron chi connectivity index (χ3n) is 5.19. The van der Waals surface area contributed by atoms with Gasteiger partial charge in [0.05, 0.1) is 24.8 Å². The van der Waals surface area contributed by atoms with E-state index in [2.05, 4.69) is 10.5 Å². The van der Waals surface area contributed by atoms with Crippen LogP contribution in [0.25, 0.3) is 0 Å². The van der Waals surface area contributed by atoms with Gasteiger partial charge >= 0.3 is 0 Å². The number of nitrogens with one attached hydrogen (secondary N) is 1. The molecule has 10 heteroatoms. The second-order valence-corrected chi connectivity index (χ2v) is 9.57. The summed E-state index contributed by atoms with van der Waals surface area (Å²) in [5, 5.41) is 3.95. The van der Waals surface area contributed by atoms with Crippen molar-refractivity contribution in [1.29, 1.82) is 0 Å². The molecule has 1 heterocycles. The Hall–Kier alpha value is -3.89. The summed E-state index contributed by atoms with van der Waals surface area (Å²) in [6.07, 6.45) is 1.47. The van der Waals surface area contributed by atoms with Gasteiger partial charge in [0.2, 0.25) is 10.0 Å². The van der Waals surface area contributed by atoms with E-state index in [1.807, 2.05) is 18.2 Å². The number of sulfonamides is 1. The number of rotatable bonds is 9. The quantitative estimate of drug-likeness (QED) is 0.361. The Labute approximate surface area is 204 Å². The molecule has 0 radical (unpaired) electrons. The number of fused-ring (bicyclic) bond motifs is 1. The number of amides is 1. The highest BCUT2D eigenvalue weighted by Gasteiger charge is 2.28. The van der Waals surface area contributed by atoms with Gasteiger partial charge in [0.15, 0.2) is 11.5 Å². The van der Waals surface area contributed by atoms with Crippen LogP contribution in [0.5, 0.6) is 17.2 Å². The van der Waals surface area contributed by atoms with Gasteiger partial charge < -0.3 is 14.2 Å². The predicted octanol–water partition coefficient (Wildman–Crippen LogP) is 2.81. The standard InChI is InChI=1S/C25H25N3O6S/c1-32-21-9-7-19(8-10-21)16-26-27-25(29)18-28(17-20-5-3-2-4-6-20)35(30,31)22-11-12-23-24(15-22)34-14-13-33-23/h2-12,15-16H,13-14,17-18H2,1H3,(H,27,29). The fraction of sp³-hybridized carbons (Fsp3) is 0.200. The number of ether oxygens (including phenoxy) is 3. The second-order valence-electron chi connectivity index (χ2n) is 7.63. The zero-order valence-corrected chi connectivity index (χ0v) is 19.9. The Morgan fingerprint density at radius 3 is 2.46 bits per heavy atom. The molecule has 1 N–H and O–H groups in total. The molecule has 0 saturated carbocycles. The van der Waals surface area contributed by atoms with Crippen LogP contribution in [0.2, 0.25) is 0 Å². The first-order valence-electron chi connectivity index (χ1n) is 10.9. The fourth-order valence-electron chi connectivity index (χ4n) is 3.41. The van der Waals surface area contributed by atoms with Gasteiger partial charge in [-0.3, -0.25) is 4.79 Å². The van der Waals surface area contributed by atoms with E-state index < -0.39 is 22.5 Å². The molecule has 35 heavy (non-hydrogen) atoms. The molecule has 1 aliphatic heterocycles. The fourth-order valence-corrected chi connectivity index (χ4v) is 4.81. The summed E-state index contributed by atoms with van der Waals surface area (Å²) >= 11 is 0. The minimum Gasteiger partial charge on any atom is -0.497 e. The zero-order chi connectivity index (χ0) is 24.7. The highest BCUT2D eigenvalue weighted by Crippen LogP contribution is 2.33. The van der Waals surface area contributed by atoms with Crippen molar-refractivity contribution in [3.05, 3.63) is 83.9 Å². The summed E-state index contributed by atoms with van der Waals surface area (Å²) in [5.41, 5.74) is 3.88. The minimum atomic E-state index is -4.04. The van der Waals surface area contributed by atoms with E-state index in [0.29, 0.717) is 30.5 Å². The van der Waals surface area contributed by atoms with Crippen LogP contribution >= 0.6 is 0 Å². The van der Waals surface area contributed by atoms with Gasteiger partial charge in [-0.2, -0.15) is 9.41 Å². The third-order valence-corrected chi connectivity index (χ3v) is 6.98. The van der Waals surface area contributed by atoms with Crippen molar-refractivity contribution in [3.63, 3.8) is 0 Å². The Kier molecular flexibility index (Phi) is 7.64. The first kappa shape index (κ1) is 24.2. The van der Waals surface area contributed by atoms with Gasteiger partial charge in [0.25, 0.3) is 5.91 Å². The average molecular weight is 496 g/mol. The number of benzene rings is 3. The van der Waals surface area contributed by atoms with Crippen LogP contribution in [0.1, 0.15) is 11.1 Å². The summed E-state index contributed by atoms with van der Waals surface area (Å²) < 4.78 is 44.3. The van der Waals surface area contributed by atoms with E-state index >= 15 is 0 Å². The zero-order valence-electron chi connectivity index (χ0n) is 19.1. The van der Waals surface area contributed by atoms with Crippen LogP contribution in [0.3, 0.4) is 0 Å². The van der Waals surface area contributed by atoms with E-state index in [9.17, 15) is 13.2 Å². The number of carbonyl (C=O) groups excluding carboxylic acids is 1. The normalized spacial score (nSPS) is 13.1. The highest BCUT2D eigenvalue weighted by atomic mass is 32.2. The summed E-state index contributed by atoms with van der Waals surface area (Å²) in [7, 11) is -2.47. The number of hydrogen-bond acceptors (Lipinski definition) is 7. The average Bonchev–Trinajstić information content (AvgIpc) is 2.89. The number of nitrogens with zero attached hydrogens (tertiary/aromatic N) is 2. The van der Waals surface area contributed by atoms with Gasteiger partial charge in [-0.1, -0.05) is 30.3 Å². The van der Waals surface area contributed by atoms with E-state index in [1.54, 1.807) is 49.6 Å². The van der Waals surface area contributed by atoms with Gasteiger partial charge in [0.1, 0.15) is 19.0 Å². The van der Waals surface area contributed by atoms with E-state index in [1.165, 1.54) is 18.3 Å². The van der Waals surface area contributed by atoms with Crippen LogP contribution < -0.4 is 19.6 Å². The maximum absolute atomic E-state index is 13.5. The van der Waals surface area contributed by atoms with Crippen molar-refractivity contribution >= 4 is 22.1 Å². The number of methoxy groups -OCH3 is 1. The Bertz CT molecular complexity index is 1290. The lowest BCUT2D eigenvalue weighted by atomic mass is 10.2. The van der Waals surface area contributed by atoms with Crippen molar-refractivity contribution in [2.45, 2.75) is 11.4 Å². The van der Waals surface area contributed by atoms with Crippen LogP contribution in [0.4, 0.5) is 0 Å². The Morgan fingerprint density at radius 2 is 1.74 bits per heavy atom. The van der Waals surface area contributed by atoms with Crippen molar-refractivity contribution in [1.82, 2.24) is 9.73 Å².